The average Bonchev–Trinajstić information content (AvgIpc) is 2.66. The van der Waals surface area contributed by atoms with Gasteiger partial charge in [0.1, 0.15) is 16.2 Å². The molecule has 2 heterocycles. The zero-order chi connectivity index (χ0) is 20.2. The number of nitrogens with zero attached hydrogens (tertiary/aromatic N) is 2. The second-order valence-corrected chi connectivity index (χ2v) is 8.88. The number of hydrogen-bond acceptors (Lipinski definition) is 7. The molecule has 0 spiro atoms. The topological polar surface area (TPSA) is 119 Å². The van der Waals surface area contributed by atoms with Crippen molar-refractivity contribution in [1.29, 1.82) is 0 Å². The van der Waals surface area contributed by atoms with Gasteiger partial charge in [0.2, 0.25) is 0 Å². The summed E-state index contributed by atoms with van der Waals surface area (Å²) in [5.41, 5.74) is 3.60. The van der Waals surface area contributed by atoms with Gasteiger partial charge >= 0.3 is 0 Å². The van der Waals surface area contributed by atoms with Gasteiger partial charge in [0, 0.05) is 11.4 Å². The lowest BCUT2D eigenvalue weighted by Crippen LogP contribution is -2.42. The molecule has 2 aliphatic rings. The third-order valence-electron chi connectivity index (χ3n) is 5.36. The van der Waals surface area contributed by atoms with Crippen molar-refractivity contribution < 1.29 is 14.2 Å². The Hall–Kier alpha value is -3.01. The highest BCUT2D eigenvalue weighted by atomic mass is 32.3. The van der Waals surface area contributed by atoms with Gasteiger partial charge in [-0.15, -0.1) is 4.40 Å². The van der Waals surface area contributed by atoms with E-state index in [9.17, 15) is 19.0 Å². The molecular weight excluding hydrogens is 392 g/mol. The molecule has 0 atom stereocenters. The predicted octanol–water partition coefficient (Wildman–Crippen LogP) is 3.70. The van der Waals surface area contributed by atoms with Gasteiger partial charge in [0.25, 0.3) is 5.56 Å². The Balaban J connectivity index is 1.73. The van der Waals surface area contributed by atoms with Gasteiger partial charge in [-0.1, -0.05) is 35.0 Å². The van der Waals surface area contributed by atoms with E-state index in [0.29, 0.717) is 16.6 Å². The minimum Gasteiger partial charge on any atom is -0.506 e. The van der Waals surface area contributed by atoms with Crippen LogP contribution in [0.15, 0.2) is 62.6 Å². The maximum atomic E-state index is 13.4. The molecule has 1 aliphatic carbocycles. The van der Waals surface area contributed by atoms with E-state index in [1.54, 1.807) is 48.5 Å². The highest BCUT2D eigenvalue weighted by Gasteiger charge is 2.30. The Bertz CT molecular complexity index is 1220. The van der Waals surface area contributed by atoms with Gasteiger partial charge in [-0.3, -0.25) is 13.9 Å². The molecule has 1 saturated carbocycles. The largest absolute Gasteiger partial charge is 0.506 e. The summed E-state index contributed by atoms with van der Waals surface area (Å²) in [6, 6.07) is 13.9. The van der Waals surface area contributed by atoms with Crippen LogP contribution in [-0.2, 0) is 0 Å². The smallest absolute Gasteiger partial charge is 0.284 e. The molecule has 0 amide bonds. The number of aromatic nitrogens is 1. The van der Waals surface area contributed by atoms with Crippen LogP contribution in [-0.4, -0.2) is 30.8 Å². The van der Waals surface area contributed by atoms with Crippen LogP contribution >= 0.6 is 10.8 Å². The van der Waals surface area contributed by atoms with Crippen molar-refractivity contribution in [1.82, 2.24) is 4.68 Å². The molecule has 8 nitrogen and oxygen atoms in total. The minimum absolute atomic E-state index is 0.0684. The molecule has 1 fully saturated rings. The Morgan fingerprint density at radius 1 is 1.10 bits per heavy atom. The van der Waals surface area contributed by atoms with Crippen LogP contribution < -0.4 is 16.3 Å². The summed E-state index contributed by atoms with van der Waals surface area (Å²) >= 11 is 0. The average molecular weight is 412 g/mol. The van der Waals surface area contributed by atoms with Gasteiger partial charge in [0.05, 0.1) is 11.2 Å². The fourth-order valence-corrected chi connectivity index (χ4v) is 4.80. The Kier molecular flexibility index (Phi) is 4.05. The van der Waals surface area contributed by atoms with Crippen molar-refractivity contribution in [3.63, 3.8) is 0 Å². The maximum Gasteiger partial charge on any atom is 0.284 e. The lowest BCUT2D eigenvalue weighted by Gasteiger charge is -2.34. The second-order valence-electron chi connectivity index (χ2n) is 7.22. The van der Waals surface area contributed by atoms with E-state index in [2.05, 4.69) is 15.1 Å². The van der Waals surface area contributed by atoms with E-state index in [0.717, 1.165) is 19.3 Å². The first-order valence-electron chi connectivity index (χ1n) is 9.33. The van der Waals surface area contributed by atoms with Crippen LogP contribution in [0.25, 0.3) is 10.9 Å². The van der Waals surface area contributed by atoms with E-state index < -0.39 is 16.3 Å². The Morgan fingerprint density at radius 3 is 2.59 bits per heavy atom. The molecule has 150 valence electrons. The molecule has 0 unspecified atom stereocenters. The molecule has 3 aromatic rings. The van der Waals surface area contributed by atoms with Gasteiger partial charge in [-0.25, -0.2) is 4.68 Å². The summed E-state index contributed by atoms with van der Waals surface area (Å²) in [5.74, 6) is -0.320. The van der Waals surface area contributed by atoms with Crippen LogP contribution in [0.1, 0.15) is 24.8 Å². The standard InChI is InChI=1S/C20H20N4O4S/c25-18-13-8-1-3-10-15(13)24(22-12-6-5-7-12)20(26)17(18)19-21-14-9-2-4-11-16(14)29(27,28)23-19/h1-4,8-12,22,25,27-28H,5-7H2,(H,21,23). The van der Waals surface area contributed by atoms with Gasteiger partial charge in [-0.2, -0.15) is 0 Å². The molecule has 1 aromatic heterocycles. The summed E-state index contributed by atoms with van der Waals surface area (Å²) in [6.07, 6.45) is 3.02. The molecule has 29 heavy (non-hydrogen) atoms. The van der Waals surface area contributed by atoms with Crippen LogP contribution in [0.2, 0.25) is 0 Å². The van der Waals surface area contributed by atoms with Crippen LogP contribution in [0.3, 0.4) is 0 Å². The Labute approximate surface area is 168 Å². The fraction of sp³-hybridized carbons (Fsp3) is 0.200. The molecule has 1 aliphatic heterocycles. The summed E-state index contributed by atoms with van der Waals surface area (Å²) in [7, 11) is -3.51. The molecule has 0 saturated heterocycles. The van der Waals surface area contributed by atoms with Crippen molar-refractivity contribution in [2.75, 3.05) is 10.7 Å². The summed E-state index contributed by atoms with van der Waals surface area (Å²) in [4.78, 5) is 13.6. The van der Waals surface area contributed by atoms with E-state index in [-0.39, 0.29) is 28.1 Å². The SMILES string of the molecule is O=c1c(C2=NS(O)(O)c3ccccc3N2)c(O)c2ccccc2n1NC1CCC1. The van der Waals surface area contributed by atoms with Crippen molar-refractivity contribution >= 4 is 33.2 Å². The molecule has 9 heteroatoms. The molecule has 0 radical (unpaired) electrons. The third kappa shape index (κ3) is 2.86. The molecule has 5 rings (SSSR count). The van der Waals surface area contributed by atoms with Crippen LogP contribution in [0, 0.1) is 0 Å². The Morgan fingerprint density at radius 2 is 1.83 bits per heavy atom. The zero-order valence-corrected chi connectivity index (χ0v) is 16.2. The van der Waals surface area contributed by atoms with Crippen LogP contribution in [0.4, 0.5) is 5.69 Å². The predicted molar refractivity (Wildman–Crippen MR) is 115 cm³/mol. The fourth-order valence-electron chi connectivity index (χ4n) is 3.63. The second kappa shape index (κ2) is 6.51. The quantitative estimate of drug-likeness (QED) is 0.448. The highest BCUT2D eigenvalue weighted by molar-refractivity contribution is 8.23. The number of amidine groups is 1. The lowest BCUT2D eigenvalue weighted by molar-refractivity contribution is 0.414. The highest BCUT2D eigenvalue weighted by Crippen LogP contribution is 2.55. The normalized spacial score (nSPS) is 18.9. The van der Waals surface area contributed by atoms with Crippen LogP contribution in [0.5, 0.6) is 5.75 Å². The lowest BCUT2D eigenvalue weighted by atomic mass is 9.94. The first-order chi connectivity index (χ1) is 14.0. The molecule has 2 aromatic carbocycles. The number of rotatable bonds is 3. The van der Waals surface area contributed by atoms with Crippen molar-refractivity contribution in [3.05, 3.63) is 64.4 Å². The number of fused-ring (bicyclic) bond motifs is 2. The zero-order valence-electron chi connectivity index (χ0n) is 15.4. The monoisotopic (exact) mass is 412 g/mol. The van der Waals surface area contributed by atoms with E-state index in [1.807, 2.05) is 0 Å². The first-order valence-corrected chi connectivity index (χ1v) is 10.8. The number of anilines is 1. The van der Waals surface area contributed by atoms with Gasteiger partial charge < -0.3 is 15.8 Å². The number of aromatic hydroxyl groups is 1. The molecule has 0 bridgehead atoms. The van der Waals surface area contributed by atoms with Crippen molar-refractivity contribution in [3.8, 4) is 5.75 Å². The summed E-state index contributed by atoms with van der Waals surface area (Å²) in [5, 5.41) is 14.4. The number of para-hydroxylation sites is 2. The number of nitrogens with one attached hydrogen (secondary N) is 2. The number of pyridine rings is 1. The van der Waals surface area contributed by atoms with E-state index >= 15 is 0 Å². The number of benzene rings is 2. The first kappa shape index (κ1) is 18.0. The number of hydrogen-bond donors (Lipinski definition) is 5. The maximum absolute atomic E-state index is 13.4. The van der Waals surface area contributed by atoms with Gasteiger partial charge in [0.15, 0.2) is 5.84 Å². The summed E-state index contributed by atoms with van der Waals surface area (Å²) in [6.45, 7) is 0. The third-order valence-corrected chi connectivity index (χ3v) is 6.74. The van der Waals surface area contributed by atoms with Gasteiger partial charge in [-0.05, 0) is 43.5 Å². The minimum atomic E-state index is -3.51. The molecule has 5 N–H and O–H groups in total. The molecular formula is C20H20N4O4S. The van der Waals surface area contributed by atoms with Crippen molar-refractivity contribution in [2.24, 2.45) is 4.40 Å². The van der Waals surface area contributed by atoms with E-state index in [4.69, 9.17) is 0 Å². The summed E-state index contributed by atoms with van der Waals surface area (Å²) < 4.78 is 26.5. The van der Waals surface area contributed by atoms with E-state index in [1.165, 1.54) is 4.68 Å². The van der Waals surface area contributed by atoms with Crippen molar-refractivity contribution in [2.45, 2.75) is 30.2 Å².